The summed E-state index contributed by atoms with van der Waals surface area (Å²) < 4.78 is 0.834. The third-order valence-corrected chi connectivity index (χ3v) is 4.82. The molecule has 1 aliphatic heterocycles. The van der Waals surface area contributed by atoms with Gasteiger partial charge in [-0.2, -0.15) is 0 Å². The molecule has 0 fully saturated rings. The van der Waals surface area contributed by atoms with Crippen LogP contribution in [0, 0.1) is 5.92 Å². The van der Waals surface area contributed by atoms with Crippen molar-refractivity contribution in [3.05, 3.63) is 62.9 Å². The maximum Gasteiger partial charge on any atom is 0.110 e. The Labute approximate surface area is 138 Å². The smallest absolute Gasteiger partial charge is 0.110 e. The number of thiophene rings is 1. The fourth-order valence-electron chi connectivity index (χ4n) is 2.27. The van der Waals surface area contributed by atoms with E-state index in [1.807, 2.05) is 36.5 Å². The molecule has 0 amide bonds. The number of benzene rings is 1. The first-order chi connectivity index (χ1) is 10.2. The lowest BCUT2D eigenvalue weighted by atomic mass is 9.97. The molecular formula is C16H14Cl2N2S. The zero-order valence-electron chi connectivity index (χ0n) is 11.2. The standard InChI is InChI=1S/C16H14Cl2N2S/c17-12-3-5-13(6-4-12)20-16-11(2-1-9-19-16)10-14-7-8-15(18)21-14/h1,3-9,11H,2,10H2,(H,19,20). The van der Waals surface area contributed by atoms with Crippen LogP contribution in [-0.4, -0.2) is 5.84 Å². The van der Waals surface area contributed by atoms with E-state index in [1.165, 1.54) is 4.88 Å². The van der Waals surface area contributed by atoms with Gasteiger partial charge >= 0.3 is 0 Å². The molecule has 2 heterocycles. The Balaban J connectivity index is 1.73. The van der Waals surface area contributed by atoms with E-state index in [0.29, 0.717) is 5.92 Å². The predicted octanol–water partition coefficient (Wildman–Crippen LogP) is 5.64. The molecule has 0 aliphatic carbocycles. The van der Waals surface area contributed by atoms with E-state index in [2.05, 4.69) is 22.5 Å². The van der Waals surface area contributed by atoms with E-state index in [-0.39, 0.29) is 0 Å². The molecule has 108 valence electrons. The summed E-state index contributed by atoms with van der Waals surface area (Å²) in [7, 11) is 0. The molecule has 1 aromatic carbocycles. The molecule has 3 rings (SSSR count). The summed E-state index contributed by atoms with van der Waals surface area (Å²) in [4.78, 5) is 5.78. The predicted molar refractivity (Wildman–Crippen MR) is 92.8 cm³/mol. The number of nitrogens with zero attached hydrogens (tertiary/aromatic N) is 1. The minimum Gasteiger partial charge on any atom is -0.344 e. The van der Waals surface area contributed by atoms with Gasteiger partial charge in [-0.15, -0.1) is 11.3 Å². The zero-order valence-corrected chi connectivity index (χ0v) is 13.6. The number of aliphatic imine (C=N–C) groups is 1. The van der Waals surface area contributed by atoms with Gasteiger partial charge in [-0.3, -0.25) is 0 Å². The van der Waals surface area contributed by atoms with Gasteiger partial charge in [0.2, 0.25) is 0 Å². The molecule has 5 heteroatoms. The first-order valence-corrected chi connectivity index (χ1v) is 8.27. The quantitative estimate of drug-likeness (QED) is 0.770. The van der Waals surface area contributed by atoms with Crippen LogP contribution >= 0.6 is 34.5 Å². The van der Waals surface area contributed by atoms with Crippen molar-refractivity contribution >= 4 is 46.1 Å². The second-order valence-electron chi connectivity index (χ2n) is 4.87. The number of nitrogens with one attached hydrogen (secondary N) is 1. The van der Waals surface area contributed by atoms with Gasteiger partial charge in [0.25, 0.3) is 0 Å². The van der Waals surface area contributed by atoms with Crippen molar-refractivity contribution in [2.45, 2.75) is 12.8 Å². The van der Waals surface area contributed by atoms with Crippen LogP contribution in [0.4, 0.5) is 5.69 Å². The summed E-state index contributed by atoms with van der Waals surface area (Å²) in [6.45, 7) is 0. The molecule has 0 spiro atoms. The van der Waals surface area contributed by atoms with Crippen LogP contribution in [0.15, 0.2) is 53.7 Å². The second kappa shape index (κ2) is 6.65. The summed E-state index contributed by atoms with van der Waals surface area (Å²) in [5.41, 5.74) is 1.00. The third kappa shape index (κ3) is 3.88. The Morgan fingerprint density at radius 3 is 2.67 bits per heavy atom. The van der Waals surface area contributed by atoms with Crippen LogP contribution in [0.1, 0.15) is 11.3 Å². The molecule has 2 aromatic rings. The first kappa shape index (κ1) is 14.6. The lowest BCUT2D eigenvalue weighted by Crippen LogP contribution is -2.25. The van der Waals surface area contributed by atoms with Crippen LogP contribution in [0.5, 0.6) is 0 Å². The molecule has 0 bridgehead atoms. The van der Waals surface area contributed by atoms with Gasteiger partial charge in [0.05, 0.1) is 4.34 Å². The Morgan fingerprint density at radius 2 is 1.95 bits per heavy atom. The fourth-order valence-corrected chi connectivity index (χ4v) is 3.57. The largest absolute Gasteiger partial charge is 0.344 e. The highest BCUT2D eigenvalue weighted by molar-refractivity contribution is 7.16. The Morgan fingerprint density at radius 1 is 1.14 bits per heavy atom. The lowest BCUT2D eigenvalue weighted by molar-refractivity contribution is 0.695. The number of halogens is 2. The van der Waals surface area contributed by atoms with Crippen LogP contribution in [0.25, 0.3) is 0 Å². The van der Waals surface area contributed by atoms with Crippen LogP contribution < -0.4 is 5.32 Å². The van der Waals surface area contributed by atoms with Gasteiger partial charge < -0.3 is 5.32 Å². The lowest BCUT2D eigenvalue weighted by Gasteiger charge is -2.21. The number of anilines is 1. The van der Waals surface area contributed by atoms with Crippen molar-refractivity contribution in [2.24, 2.45) is 10.9 Å². The van der Waals surface area contributed by atoms with Crippen LogP contribution in [0.2, 0.25) is 9.36 Å². The highest BCUT2D eigenvalue weighted by Gasteiger charge is 2.19. The summed E-state index contributed by atoms with van der Waals surface area (Å²) in [6.07, 6.45) is 5.89. The van der Waals surface area contributed by atoms with Crippen LogP contribution in [-0.2, 0) is 6.42 Å². The molecule has 0 saturated heterocycles. The van der Waals surface area contributed by atoms with E-state index in [1.54, 1.807) is 11.3 Å². The SMILES string of the molecule is Clc1ccc(NC2=NC=CCC2Cc2ccc(Cl)s2)cc1. The maximum absolute atomic E-state index is 6.01. The van der Waals surface area contributed by atoms with Gasteiger partial charge in [0.1, 0.15) is 5.84 Å². The van der Waals surface area contributed by atoms with E-state index < -0.39 is 0 Å². The summed E-state index contributed by atoms with van der Waals surface area (Å²) >= 11 is 13.6. The topological polar surface area (TPSA) is 24.4 Å². The Bertz CT molecular complexity index is 674. The number of amidine groups is 1. The fraction of sp³-hybridized carbons (Fsp3) is 0.188. The van der Waals surface area contributed by atoms with Crippen molar-refractivity contribution in [2.75, 3.05) is 5.32 Å². The Hall–Kier alpha value is -1.29. The highest BCUT2D eigenvalue weighted by Crippen LogP contribution is 2.27. The van der Waals surface area contributed by atoms with Gasteiger partial charge in [0, 0.05) is 27.7 Å². The molecule has 1 atom stereocenters. The van der Waals surface area contributed by atoms with E-state index in [9.17, 15) is 0 Å². The molecule has 1 aromatic heterocycles. The number of rotatable bonds is 3. The molecule has 2 nitrogen and oxygen atoms in total. The third-order valence-electron chi connectivity index (χ3n) is 3.32. The highest BCUT2D eigenvalue weighted by atomic mass is 35.5. The molecule has 1 aliphatic rings. The minimum absolute atomic E-state index is 0.348. The van der Waals surface area contributed by atoms with Crippen molar-refractivity contribution in [1.82, 2.24) is 0 Å². The normalized spacial score (nSPS) is 17.6. The number of allylic oxidation sites excluding steroid dienone is 1. The molecule has 1 unspecified atom stereocenters. The minimum atomic E-state index is 0.348. The maximum atomic E-state index is 6.01. The van der Waals surface area contributed by atoms with Gasteiger partial charge in [-0.05, 0) is 49.2 Å². The number of hydrogen-bond acceptors (Lipinski definition) is 3. The summed E-state index contributed by atoms with van der Waals surface area (Å²) in [5, 5.41) is 4.13. The second-order valence-corrected chi connectivity index (χ2v) is 7.11. The van der Waals surface area contributed by atoms with Crippen molar-refractivity contribution in [3.63, 3.8) is 0 Å². The monoisotopic (exact) mass is 336 g/mol. The number of hydrogen-bond donors (Lipinski definition) is 1. The summed E-state index contributed by atoms with van der Waals surface area (Å²) in [6, 6.07) is 11.7. The van der Waals surface area contributed by atoms with Gasteiger partial charge in [-0.1, -0.05) is 29.3 Å². The first-order valence-electron chi connectivity index (χ1n) is 6.70. The molecule has 21 heavy (non-hydrogen) atoms. The average molecular weight is 337 g/mol. The van der Waals surface area contributed by atoms with Crippen molar-refractivity contribution in [3.8, 4) is 0 Å². The van der Waals surface area contributed by atoms with E-state index in [0.717, 1.165) is 33.7 Å². The van der Waals surface area contributed by atoms with Gasteiger partial charge in [-0.25, -0.2) is 4.99 Å². The average Bonchev–Trinajstić information content (AvgIpc) is 2.89. The van der Waals surface area contributed by atoms with E-state index in [4.69, 9.17) is 23.2 Å². The van der Waals surface area contributed by atoms with Crippen LogP contribution in [0.3, 0.4) is 0 Å². The Kier molecular flexibility index (Phi) is 4.63. The molecule has 1 N–H and O–H groups in total. The molecule has 0 saturated carbocycles. The van der Waals surface area contributed by atoms with Gasteiger partial charge in [0.15, 0.2) is 0 Å². The molecule has 0 radical (unpaired) electrons. The zero-order chi connectivity index (χ0) is 14.7. The molecular weight excluding hydrogens is 323 g/mol. The summed E-state index contributed by atoms with van der Waals surface area (Å²) in [5.74, 6) is 1.34. The van der Waals surface area contributed by atoms with E-state index >= 15 is 0 Å². The van der Waals surface area contributed by atoms with Crippen molar-refractivity contribution < 1.29 is 0 Å². The van der Waals surface area contributed by atoms with Crippen molar-refractivity contribution in [1.29, 1.82) is 0 Å².